The Balaban J connectivity index is 2.02. The highest BCUT2D eigenvalue weighted by atomic mass is 79.9. The number of hydrogen-bond acceptors (Lipinski definition) is 4. The Hall–Kier alpha value is -1.14. The summed E-state index contributed by atoms with van der Waals surface area (Å²) in [4.78, 5) is 16.0. The average Bonchev–Trinajstić information content (AvgIpc) is 2.34. The van der Waals surface area contributed by atoms with E-state index >= 15 is 0 Å². The lowest BCUT2D eigenvalue weighted by Crippen LogP contribution is -2.29. The Kier molecular flexibility index (Phi) is 3.96. The average molecular weight is 300 g/mol. The quantitative estimate of drug-likeness (QED) is 0.873. The van der Waals surface area contributed by atoms with E-state index in [2.05, 4.69) is 26.2 Å². The van der Waals surface area contributed by atoms with Crippen molar-refractivity contribution in [1.29, 1.82) is 0 Å². The second-order valence-electron chi connectivity index (χ2n) is 3.97. The Morgan fingerprint density at radius 1 is 1.53 bits per heavy atom. The van der Waals surface area contributed by atoms with Crippen molar-refractivity contribution >= 4 is 33.3 Å². The van der Waals surface area contributed by atoms with Crippen LogP contribution in [0.5, 0.6) is 0 Å². The number of halogens is 1. The molecule has 92 valence electrons. The van der Waals surface area contributed by atoms with E-state index < -0.39 is 0 Å². The summed E-state index contributed by atoms with van der Waals surface area (Å²) in [5.74, 6) is 0.511. The predicted octanol–water partition coefficient (Wildman–Crippen LogP) is 1.79. The molecule has 0 unspecified atom stereocenters. The van der Waals surface area contributed by atoms with Crippen LogP contribution in [-0.4, -0.2) is 24.1 Å². The zero-order chi connectivity index (χ0) is 12.3. The number of carbonyl (C=O) groups is 1. The molecule has 0 aliphatic carbocycles. The summed E-state index contributed by atoms with van der Waals surface area (Å²) in [6.07, 6.45) is 3.04. The highest BCUT2D eigenvalue weighted by Crippen LogP contribution is 2.23. The molecule has 0 bridgehead atoms. The number of rotatable bonds is 2. The molecule has 3 N–H and O–H groups in total. The molecule has 2 heterocycles. The number of nitrogens with two attached hydrogens (primary N) is 1. The number of nitrogens with one attached hydrogen (secondary N) is 1. The number of nitrogens with zero attached hydrogens (tertiary/aromatic N) is 1. The van der Waals surface area contributed by atoms with Gasteiger partial charge < -0.3 is 15.8 Å². The topological polar surface area (TPSA) is 77.2 Å². The van der Waals surface area contributed by atoms with Crippen LogP contribution in [0.15, 0.2) is 16.7 Å². The third-order valence-electron chi connectivity index (χ3n) is 2.70. The number of amides is 1. The fourth-order valence-corrected chi connectivity index (χ4v) is 2.19. The molecule has 6 heteroatoms. The van der Waals surface area contributed by atoms with E-state index in [4.69, 9.17) is 10.5 Å². The number of carbonyl (C=O) groups excluding carboxylic acids is 1. The van der Waals surface area contributed by atoms with Gasteiger partial charge >= 0.3 is 0 Å². The molecule has 2 rings (SSSR count). The lowest BCUT2D eigenvalue weighted by molar-refractivity contribution is -0.122. The first kappa shape index (κ1) is 12.3. The van der Waals surface area contributed by atoms with Gasteiger partial charge in [-0.3, -0.25) is 4.79 Å². The van der Waals surface area contributed by atoms with Crippen LogP contribution in [0.2, 0.25) is 0 Å². The molecule has 0 radical (unpaired) electrons. The molecule has 5 nitrogen and oxygen atoms in total. The summed E-state index contributed by atoms with van der Waals surface area (Å²) in [5.41, 5.74) is 6.14. The van der Waals surface area contributed by atoms with Crippen LogP contribution in [0.3, 0.4) is 0 Å². The molecular weight excluding hydrogens is 286 g/mol. The minimum atomic E-state index is -0.00808. The van der Waals surface area contributed by atoms with Gasteiger partial charge in [0.25, 0.3) is 0 Å². The lowest BCUT2D eigenvalue weighted by atomic mass is 9.99. The summed E-state index contributed by atoms with van der Waals surface area (Å²) in [6.45, 7) is 1.29. The standard InChI is InChI=1S/C11H14BrN3O2/c12-9-5-8(13)6-14-10(9)15-11(16)7-1-3-17-4-2-7/h5-7H,1-4,13H2,(H,14,15,16). The maximum atomic E-state index is 11.9. The molecule has 0 saturated carbocycles. The maximum absolute atomic E-state index is 11.9. The van der Waals surface area contributed by atoms with Crippen LogP contribution in [-0.2, 0) is 9.53 Å². The summed E-state index contributed by atoms with van der Waals surface area (Å²) in [7, 11) is 0. The SMILES string of the molecule is Nc1cnc(NC(=O)C2CCOCC2)c(Br)c1. The molecule has 1 aliphatic rings. The Labute approximate surface area is 108 Å². The van der Waals surface area contributed by atoms with Crippen molar-refractivity contribution in [2.45, 2.75) is 12.8 Å². The number of hydrogen-bond donors (Lipinski definition) is 2. The van der Waals surface area contributed by atoms with Crippen molar-refractivity contribution in [2.75, 3.05) is 24.3 Å². The Morgan fingerprint density at radius 2 is 2.24 bits per heavy atom. The van der Waals surface area contributed by atoms with Crippen LogP contribution in [0, 0.1) is 5.92 Å². The van der Waals surface area contributed by atoms with Gasteiger partial charge in [-0.1, -0.05) is 0 Å². The van der Waals surface area contributed by atoms with Gasteiger partial charge in [-0.2, -0.15) is 0 Å². The van der Waals surface area contributed by atoms with Crippen LogP contribution in [0.1, 0.15) is 12.8 Å². The first-order valence-electron chi connectivity index (χ1n) is 5.46. The third-order valence-corrected chi connectivity index (χ3v) is 3.30. The van der Waals surface area contributed by atoms with E-state index in [1.807, 2.05) is 0 Å². The van der Waals surface area contributed by atoms with Crippen LogP contribution >= 0.6 is 15.9 Å². The number of pyridine rings is 1. The summed E-state index contributed by atoms with van der Waals surface area (Å²) in [6, 6.07) is 1.71. The van der Waals surface area contributed by atoms with Crippen LogP contribution in [0.4, 0.5) is 11.5 Å². The minimum absolute atomic E-state index is 0.00808. The second-order valence-corrected chi connectivity index (χ2v) is 4.83. The minimum Gasteiger partial charge on any atom is -0.397 e. The smallest absolute Gasteiger partial charge is 0.228 e. The highest BCUT2D eigenvalue weighted by molar-refractivity contribution is 9.10. The lowest BCUT2D eigenvalue weighted by Gasteiger charge is -2.21. The van der Waals surface area contributed by atoms with Gasteiger partial charge in [0, 0.05) is 19.1 Å². The molecule has 1 amide bonds. The molecule has 0 aromatic carbocycles. The second kappa shape index (κ2) is 5.46. The summed E-state index contributed by atoms with van der Waals surface area (Å²) in [5, 5.41) is 2.80. The largest absolute Gasteiger partial charge is 0.397 e. The Bertz CT molecular complexity index is 419. The van der Waals surface area contributed by atoms with E-state index in [1.54, 1.807) is 6.07 Å². The van der Waals surface area contributed by atoms with Crippen molar-refractivity contribution < 1.29 is 9.53 Å². The first-order chi connectivity index (χ1) is 8.16. The van der Waals surface area contributed by atoms with E-state index in [0.29, 0.717) is 29.2 Å². The van der Waals surface area contributed by atoms with E-state index in [-0.39, 0.29) is 11.8 Å². The molecule has 17 heavy (non-hydrogen) atoms. The summed E-state index contributed by atoms with van der Waals surface area (Å²) < 4.78 is 5.91. The highest BCUT2D eigenvalue weighted by Gasteiger charge is 2.22. The van der Waals surface area contributed by atoms with Crippen LogP contribution in [0.25, 0.3) is 0 Å². The number of aromatic nitrogens is 1. The van der Waals surface area contributed by atoms with E-state index in [9.17, 15) is 4.79 Å². The van der Waals surface area contributed by atoms with Crippen molar-refractivity contribution in [3.63, 3.8) is 0 Å². The van der Waals surface area contributed by atoms with Gasteiger partial charge in [-0.15, -0.1) is 0 Å². The molecule has 1 saturated heterocycles. The zero-order valence-corrected chi connectivity index (χ0v) is 10.9. The monoisotopic (exact) mass is 299 g/mol. The van der Waals surface area contributed by atoms with Crippen molar-refractivity contribution in [1.82, 2.24) is 4.98 Å². The van der Waals surface area contributed by atoms with Crippen LogP contribution < -0.4 is 11.1 Å². The normalized spacial score (nSPS) is 16.8. The number of ether oxygens (including phenoxy) is 1. The first-order valence-corrected chi connectivity index (χ1v) is 6.26. The van der Waals surface area contributed by atoms with Gasteiger partial charge in [-0.05, 0) is 34.8 Å². The molecular formula is C11H14BrN3O2. The molecule has 1 aromatic rings. The number of anilines is 2. The molecule has 0 spiro atoms. The van der Waals surface area contributed by atoms with Crippen molar-refractivity contribution in [3.8, 4) is 0 Å². The van der Waals surface area contributed by atoms with Gasteiger partial charge in [0.15, 0.2) is 0 Å². The molecule has 0 atom stereocenters. The fourth-order valence-electron chi connectivity index (χ4n) is 1.72. The molecule has 1 fully saturated rings. The third kappa shape index (κ3) is 3.17. The Morgan fingerprint density at radius 3 is 2.88 bits per heavy atom. The molecule has 1 aromatic heterocycles. The fraction of sp³-hybridized carbons (Fsp3) is 0.455. The summed E-state index contributed by atoms with van der Waals surface area (Å²) >= 11 is 3.32. The van der Waals surface area contributed by atoms with Gasteiger partial charge in [0.1, 0.15) is 5.82 Å². The zero-order valence-electron chi connectivity index (χ0n) is 9.28. The van der Waals surface area contributed by atoms with Crippen molar-refractivity contribution in [3.05, 3.63) is 16.7 Å². The van der Waals surface area contributed by atoms with Gasteiger partial charge in [-0.25, -0.2) is 4.98 Å². The van der Waals surface area contributed by atoms with Gasteiger partial charge in [0.05, 0.1) is 16.4 Å². The predicted molar refractivity (Wildman–Crippen MR) is 68.5 cm³/mol. The van der Waals surface area contributed by atoms with Crippen molar-refractivity contribution in [2.24, 2.45) is 5.92 Å². The van der Waals surface area contributed by atoms with E-state index in [1.165, 1.54) is 6.20 Å². The maximum Gasteiger partial charge on any atom is 0.228 e. The van der Waals surface area contributed by atoms with E-state index in [0.717, 1.165) is 12.8 Å². The molecule has 1 aliphatic heterocycles. The van der Waals surface area contributed by atoms with Gasteiger partial charge in [0.2, 0.25) is 5.91 Å². The number of nitrogen functional groups attached to an aromatic ring is 1.